The fraction of sp³-hybridized carbons (Fsp3) is 0.779. The number of rotatable bonds is 58. The van der Waals surface area contributed by atoms with Gasteiger partial charge in [0.1, 0.15) is 13.2 Å². The molecule has 0 aliphatic carbocycles. The summed E-state index contributed by atoms with van der Waals surface area (Å²) in [7, 11) is 0. The van der Waals surface area contributed by atoms with Crippen molar-refractivity contribution < 1.29 is 28.6 Å². The lowest BCUT2D eigenvalue weighted by Gasteiger charge is -2.18. The zero-order valence-electron chi connectivity index (χ0n) is 49.1. The van der Waals surface area contributed by atoms with Gasteiger partial charge in [-0.15, -0.1) is 0 Å². The van der Waals surface area contributed by atoms with Crippen LogP contribution in [0.25, 0.3) is 0 Å². The van der Waals surface area contributed by atoms with Crippen molar-refractivity contribution >= 4 is 17.9 Å². The SMILES string of the molecule is CC/C=C\C/C=C\C/C=C\C/C=C\C/C=C\CCCCCC(=O)OC(COC(=O)CCCCCCC/C=C\CCCC)COC(=O)CCCCCCCCCCCCCCCCCCCCCCCCCCCC. The van der Waals surface area contributed by atoms with Crippen LogP contribution in [-0.2, 0) is 28.6 Å². The molecule has 0 spiro atoms. The first-order valence-corrected chi connectivity index (χ1v) is 31.9. The molecule has 0 aromatic carbocycles. The van der Waals surface area contributed by atoms with Gasteiger partial charge in [0.2, 0.25) is 0 Å². The number of ether oxygens (including phenoxy) is 3. The van der Waals surface area contributed by atoms with Gasteiger partial charge in [0, 0.05) is 19.3 Å². The summed E-state index contributed by atoms with van der Waals surface area (Å²) in [5.74, 6) is -0.919. The number of hydrogen-bond acceptors (Lipinski definition) is 6. The van der Waals surface area contributed by atoms with Gasteiger partial charge in [-0.2, -0.15) is 0 Å². The van der Waals surface area contributed by atoms with Gasteiger partial charge in [0.15, 0.2) is 6.10 Å². The average molecular weight is 1030 g/mol. The smallest absolute Gasteiger partial charge is 0.306 e. The summed E-state index contributed by atoms with van der Waals surface area (Å²) in [4.78, 5) is 38.2. The molecule has 1 unspecified atom stereocenters. The van der Waals surface area contributed by atoms with Crippen LogP contribution in [0.3, 0.4) is 0 Å². The third-order valence-corrected chi connectivity index (χ3v) is 13.9. The summed E-state index contributed by atoms with van der Waals surface area (Å²) in [6.07, 6.45) is 80.7. The zero-order valence-corrected chi connectivity index (χ0v) is 49.1. The van der Waals surface area contributed by atoms with Crippen molar-refractivity contribution in [1.82, 2.24) is 0 Å². The topological polar surface area (TPSA) is 78.9 Å². The maximum absolute atomic E-state index is 12.9. The molecular weight excluding hydrogens is 913 g/mol. The summed E-state index contributed by atoms with van der Waals surface area (Å²) in [6, 6.07) is 0. The maximum atomic E-state index is 12.9. The molecule has 0 radical (unpaired) electrons. The van der Waals surface area contributed by atoms with Crippen LogP contribution in [-0.4, -0.2) is 37.2 Å². The van der Waals surface area contributed by atoms with E-state index in [1.165, 1.54) is 180 Å². The monoisotopic (exact) mass is 1030 g/mol. The number of esters is 3. The van der Waals surface area contributed by atoms with Crippen molar-refractivity contribution in [3.8, 4) is 0 Å². The van der Waals surface area contributed by atoms with E-state index < -0.39 is 6.10 Å². The van der Waals surface area contributed by atoms with E-state index in [2.05, 4.69) is 93.7 Å². The minimum absolute atomic E-state index is 0.0890. The highest BCUT2D eigenvalue weighted by Crippen LogP contribution is 2.17. The molecule has 0 N–H and O–H groups in total. The van der Waals surface area contributed by atoms with Gasteiger partial charge in [-0.25, -0.2) is 0 Å². The number of hydrogen-bond donors (Lipinski definition) is 0. The minimum Gasteiger partial charge on any atom is -0.462 e. The highest BCUT2D eigenvalue weighted by atomic mass is 16.6. The third kappa shape index (κ3) is 59.7. The number of carbonyl (C=O) groups is 3. The van der Waals surface area contributed by atoms with E-state index >= 15 is 0 Å². The van der Waals surface area contributed by atoms with E-state index in [9.17, 15) is 14.4 Å². The highest BCUT2D eigenvalue weighted by Gasteiger charge is 2.19. The van der Waals surface area contributed by atoms with Crippen LogP contribution in [0.4, 0.5) is 0 Å². The van der Waals surface area contributed by atoms with E-state index in [0.717, 1.165) is 103 Å². The fourth-order valence-electron chi connectivity index (χ4n) is 9.16. The molecule has 0 amide bonds. The van der Waals surface area contributed by atoms with Crippen LogP contribution in [0.1, 0.15) is 323 Å². The molecule has 6 nitrogen and oxygen atoms in total. The van der Waals surface area contributed by atoms with Crippen LogP contribution < -0.4 is 0 Å². The van der Waals surface area contributed by atoms with Crippen LogP contribution in [0.2, 0.25) is 0 Å². The molecule has 0 bridgehead atoms. The number of unbranched alkanes of at least 4 members (excludes halogenated alkanes) is 35. The van der Waals surface area contributed by atoms with E-state index in [4.69, 9.17) is 14.2 Å². The lowest BCUT2D eigenvalue weighted by atomic mass is 10.0. The van der Waals surface area contributed by atoms with Crippen molar-refractivity contribution in [1.29, 1.82) is 0 Å². The molecule has 74 heavy (non-hydrogen) atoms. The minimum atomic E-state index is -0.795. The summed E-state index contributed by atoms with van der Waals surface area (Å²) in [5, 5.41) is 0. The first-order valence-electron chi connectivity index (χ1n) is 31.9. The summed E-state index contributed by atoms with van der Waals surface area (Å²) < 4.78 is 16.9. The van der Waals surface area contributed by atoms with Crippen molar-refractivity contribution in [2.45, 2.75) is 329 Å². The Morgan fingerprint density at radius 1 is 0.284 bits per heavy atom. The van der Waals surface area contributed by atoms with Crippen LogP contribution in [0.15, 0.2) is 72.9 Å². The molecule has 1 atom stereocenters. The number of carbonyl (C=O) groups excluding carboxylic acids is 3. The first-order chi connectivity index (χ1) is 36.5. The molecular formula is C68H120O6. The summed E-state index contributed by atoms with van der Waals surface area (Å²) in [6.45, 7) is 6.49. The normalized spacial score (nSPS) is 12.5. The van der Waals surface area contributed by atoms with Gasteiger partial charge < -0.3 is 14.2 Å². The summed E-state index contributed by atoms with van der Waals surface area (Å²) in [5.41, 5.74) is 0. The van der Waals surface area contributed by atoms with Crippen molar-refractivity contribution in [3.05, 3.63) is 72.9 Å². The molecule has 0 aliphatic rings. The maximum Gasteiger partial charge on any atom is 0.306 e. The first kappa shape index (κ1) is 70.8. The Kier molecular flexibility index (Phi) is 59.7. The Morgan fingerprint density at radius 3 is 0.892 bits per heavy atom. The molecule has 0 aromatic heterocycles. The molecule has 0 heterocycles. The molecule has 0 saturated heterocycles. The van der Waals surface area contributed by atoms with Gasteiger partial charge >= 0.3 is 17.9 Å². The Labute approximate surface area is 459 Å². The molecule has 0 rings (SSSR count). The predicted molar refractivity (Wildman–Crippen MR) is 321 cm³/mol. The molecule has 0 saturated carbocycles. The highest BCUT2D eigenvalue weighted by molar-refractivity contribution is 5.71. The molecule has 0 aliphatic heterocycles. The quantitative estimate of drug-likeness (QED) is 0.0261. The lowest BCUT2D eigenvalue weighted by molar-refractivity contribution is -0.167. The van der Waals surface area contributed by atoms with E-state index in [-0.39, 0.29) is 37.5 Å². The summed E-state index contributed by atoms with van der Waals surface area (Å²) >= 11 is 0. The van der Waals surface area contributed by atoms with Crippen LogP contribution in [0, 0.1) is 0 Å². The van der Waals surface area contributed by atoms with Crippen molar-refractivity contribution in [3.63, 3.8) is 0 Å². The van der Waals surface area contributed by atoms with E-state index in [0.29, 0.717) is 12.8 Å². The molecule has 0 aromatic rings. The van der Waals surface area contributed by atoms with E-state index in [1.807, 2.05) is 0 Å². The standard InChI is InChI=1S/C68H120O6/c1-4-7-10-13-16-19-22-24-26-28-30-31-32-33-34-35-36-38-39-41-43-46-49-52-55-58-61-67(70)73-64-65(63-72-66(69)60-57-54-51-48-45-21-18-15-12-9-6-3)74-68(71)62-59-56-53-50-47-44-42-40-37-29-27-25-23-20-17-14-11-8-5-2/h8,11,15,17-18,20,25,27,37,40,44,47,65H,4-7,9-10,12-14,16,19,21-24,26,28-36,38-39,41-43,45-46,48-64H2,1-3H3/b11-8-,18-15-,20-17-,27-25-,40-37-,47-44-. The van der Waals surface area contributed by atoms with Crippen LogP contribution in [0.5, 0.6) is 0 Å². The second kappa shape index (κ2) is 62.4. The molecule has 428 valence electrons. The lowest BCUT2D eigenvalue weighted by Crippen LogP contribution is -2.30. The van der Waals surface area contributed by atoms with Gasteiger partial charge in [-0.1, -0.05) is 293 Å². The van der Waals surface area contributed by atoms with Gasteiger partial charge in [-0.3, -0.25) is 14.4 Å². The zero-order chi connectivity index (χ0) is 53.6. The average Bonchev–Trinajstić information content (AvgIpc) is 3.40. The Morgan fingerprint density at radius 2 is 0.541 bits per heavy atom. The largest absolute Gasteiger partial charge is 0.462 e. The van der Waals surface area contributed by atoms with Crippen LogP contribution >= 0.6 is 0 Å². The Hall–Kier alpha value is -3.15. The predicted octanol–water partition coefficient (Wildman–Crippen LogP) is 21.7. The number of allylic oxidation sites excluding steroid dienone is 12. The molecule has 0 fully saturated rings. The van der Waals surface area contributed by atoms with E-state index in [1.54, 1.807) is 0 Å². The second-order valence-electron chi connectivity index (χ2n) is 21.3. The fourth-order valence-corrected chi connectivity index (χ4v) is 9.16. The van der Waals surface area contributed by atoms with Crippen molar-refractivity contribution in [2.75, 3.05) is 13.2 Å². The Balaban J connectivity index is 4.26. The van der Waals surface area contributed by atoms with Gasteiger partial charge in [0.05, 0.1) is 0 Å². The molecule has 6 heteroatoms. The third-order valence-electron chi connectivity index (χ3n) is 13.9. The van der Waals surface area contributed by atoms with Crippen molar-refractivity contribution in [2.24, 2.45) is 0 Å². The van der Waals surface area contributed by atoms with Gasteiger partial charge in [-0.05, 0) is 83.5 Å². The van der Waals surface area contributed by atoms with Gasteiger partial charge in [0.25, 0.3) is 0 Å². The Bertz CT molecular complexity index is 1370. The second-order valence-corrected chi connectivity index (χ2v) is 21.3.